The van der Waals surface area contributed by atoms with Crippen LogP contribution < -0.4 is 5.73 Å². The Labute approximate surface area is 88.1 Å². The molecule has 0 saturated heterocycles. The summed E-state index contributed by atoms with van der Waals surface area (Å²) < 4.78 is 1.84. The zero-order valence-corrected chi connectivity index (χ0v) is 8.56. The van der Waals surface area contributed by atoms with Crippen LogP contribution in [0.1, 0.15) is 36.6 Å². The van der Waals surface area contributed by atoms with E-state index in [0.717, 1.165) is 17.0 Å². The number of fused-ring (bicyclic) bond motifs is 1. The molecule has 0 aromatic carbocycles. The summed E-state index contributed by atoms with van der Waals surface area (Å²) in [5.41, 5.74) is 7.61. The van der Waals surface area contributed by atoms with E-state index in [1.807, 2.05) is 22.8 Å². The monoisotopic (exact) mass is 202 g/mol. The third kappa shape index (κ3) is 1.41. The molecule has 2 N–H and O–H groups in total. The molecule has 1 aliphatic carbocycles. The van der Waals surface area contributed by atoms with Crippen LogP contribution >= 0.6 is 0 Å². The fourth-order valence-electron chi connectivity index (χ4n) is 1.91. The molecular formula is C11H14N4. The summed E-state index contributed by atoms with van der Waals surface area (Å²) in [7, 11) is 0. The standard InChI is InChI=1S/C11H14N4/c12-7-8-4-5-15-10(6-8)13-11(14-15)9-2-1-3-9/h4-6,9H,1-3,7,12H2. The first-order valence-corrected chi connectivity index (χ1v) is 5.42. The Balaban J connectivity index is 2.04. The van der Waals surface area contributed by atoms with Gasteiger partial charge >= 0.3 is 0 Å². The van der Waals surface area contributed by atoms with Crippen molar-refractivity contribution < 1.29 is 0 Å². The van der Waals surface area contributed by atoms with E-state index in [1.54, 1.807) is 0 Å². The van der Waals surface area contributed by atoms with Gasteiger partial charge < -0.3 is 5.73 Å². The summed E-state index contributed by atoms with van der Waals surface area (Å²) in [6.07, 6.45) is 5.72. The van der Waals surface area contributed by atoms with Crippen LogP contribution in [0.5, 0.6) is 0 Å². The molecule has 0 atom stereocenters. The lowest BCUT2D eigenvalue weighted by atomic mass is 9.85. The highest BCUT2D eigenvalue weighted by atomic mass is 15.3. The van der Waals surface area contributed by atoms with Gasteiger partial charge in [-0.25, -0.2) is 9.50 Å². The number of pyridine rings is 1. The minimum Gasteiger partial charge on any atom is -0.326 e. The van der Waals surface area contributed by atoms with Gasteiger partial charge in [0.05, 0.1) is 0 Å². The normalized spacial score (nSPS) is 16.9. The van der Waals surface area contributed by atoms with Crippen molar-refractivity contribution in [3.63, 3.8) is 0 Å². The van der Waals surface area contributed by atoms with Crippen molar-refractivity contribution in [2.75, 3.05) is 0 Å². The molecule has 0 spiro atoms. The number of hydrogen-bond donors (Lipinski definition) is 1. The zero-order chi connectivity index (χ0) is 10.3. The first-order chi connectivity index (χ1) is 7.36. The van der Waals surface area contributed by atoms with Crippen molar-refractivity contribution in [2.24, 2.45) is 5.73 Å². The molecule has 4 heteroatoms. The lowest BCUT2D eigenvalue weighted by Crippen LogP contribution is -2.10. The van der Waals surface area contributed by atoms with E-state index in [-0.39, 0.29) is 0 Å². The molecule has 3 rings (SSSR count). The fourth-order valence-corrected chi connectivity index (χ4v) is 1.91. The van der Waals surface area contributed by atoms with Gasteiger partial charge in [0, 0.05) is 18.7 Å². The van der Waals surface area contributed by atoms with Gasteiger partial charge in [-0.1, -0.05) is 6.42 Å². The molecule has 2 aromatic heterocycles. The van der Waals surface area contributed by atoms with E-state index in [0.29, 0.717) is 12.5 Å². The molecule has 4 nitrogen and oxygen atoms in total. The van der Waals surface area contributed by atoms with E-state index in [4.69, 9.17) is 5.73 Å². The Morgan fingerprint density at radius 3 is 3.00 bits per heavy atom. The zero-order valence-electron chi connectivity index (χ0n) is 8.56. The molecule has 0 aliphatic heterocycles. The predicted molar refractivity (Wildman–Crippen MR) is 57.5 cm³/mol. The number of nitrogens with two attached hydrogens (primary N) is 1. The first kappa shape index (κ1) is 8.85. The minimum absolute atomic E-state index is 0.558. The molecule has 2 aromatic rings. The molecule has 15 heavy (non-hydrogen) atoms. The van der Waals surface area contributed by atoms with Crippen LogP contribution in [0.25, 0.3) is 5.65 Å². The summed E-state index contributed by atoms with van der Waals surface area (Å²) in [5, 5.41) is 4.47. The van der Waals surface area contributed by atoms with Crippen molar-refractivity contribution in [1.82, 2.24) is 14.6 Å². The predicted octanol–water partition coefficient (Wildman–Crippen LogP) is 1.46. The SMILES string of the molecule is NCc1ccn2nc(C3CCC3)nc2c1. The lowest BCUT2D eigenvalue weighted by molar-refractivity contribution is 0.402. The highest BCUT2D eigenvalue weighted by Gasteiger charge is 2.23. The van der Waals surface area contributed by atoms with Crippen molar-refractivity contribution in [1.29, 1.82) is 0 Å². The Morgan fingerprint density at radius 1 is 1.47 bits per heavy atom. The smallest absolute Gasteiger partial charge is 0.155 e. The number of aromatic nitrogens is 3. The van der Waals surface area contributed by atoms with Gasteiger partial charge in [-0.2, -0.15) is 5.10 Å². The topological polar surface area (TPSA) is 56.2 Å². The Kier molecular flexibility index (Phi) is 1.95. The summed E-state index contributed by atoms with van der Waals surface area (Å²) in [6, 6.07) is 4.00. The summed E-state index contributed by atoms with van der Waals surface area (Å²) in [6.45, 7) is 0.558. The summed E-state index contributed by atoms with van der Waals surface area (Å²) in [4.78, 5) is 4.54. The van der Waals surface area contributed by atoms with Gasteiger partial charge in [-0.3, -0.25) is 0 Å². The van der Waals surface area contributed by atoms with Crippen LogP contribution in [-0.4, -0.2) is 14.6 Å². The molecule has 0 bridgehead atoms. The first-order valence-electron chi connectivity index (χ1n) is 5.42. The van der Waals surface area contributed by atoms with E-state index in [1.165, 1.54) is 19.3 Å². The van der Waals surface area contributed by atoms with Crippen molar-refractivity contribution >= 4 is 5.65 Å². The van der Waals surface area contributed by atoms with Gasteiger partial charge in [-0.05, 0) is 30.5 Å². The lowest BCUT2D eigenvalue weighted by Gasteiger charge is -2.21. The van der Waals surface area contributed by atoms with Crippen LogP contribution in [0.15, 0.2) is 18.3 Å². The van der Waals surface area contributed by atoms with Crippen LogP contribution in [0.2, 0.25) is 0 Å². The second-order valence-electron chi connectivity index (χ2n) is 4.14. The van der Waals surface area contributed by atoms with Gasteiger partial charge in [0.1, 0.15) is 0 Å². The molecule has 0 radical (unpaired) electrons. The van der Waals surface area contributed by atoms with Gasteiger partial charge in [0.15, 0.2) is 11.5 Å². The second kappa shape index (κ2) is 3.31. The third-order valence-corrected chi connectivity index (χ3v) is 3.12. The number of rotatable bonds is 2. The van der Waals surface area contributed by atoms with E-state index >= 15 is 0 Å². The third-order valence-electron chi connectivity index (χ3n) is 3.12. The molecule has 2 heterocycles. The van der Waals surface area contributed by atoms with Gasteiger partial charge in [0.25, 0.3) is 0 Å². The second-order valence-corrected chi connectivity index (χ2v) is 4.14. The molecule has 78 valence electrons. The largest absolute Gasteiger partial charge is 0.326 e. The Morgan fingerprint density at radius 2 is 2.33 bits per heavy atom. The molecule has 1 aliphatic rings. The maximum absolute atomic E-state index is 5.59. The molecule has 1 fully saturated rings. The van der Waals surface area contributed by atoms with E-state index < -0.39 is 0 Å². The molecule has 1 saturated carbocycles. The molecular weight excluding hydrogens is 188 g/mol. The summed E-state index contributed by atoms with van der Waals surface area (Å²) >= 11 is 0. The minimum atomic E-state index is 0.558. The van der Waals surface area contributed by atoms with Crippen molar-refractivity contribution in [3.05, 3.63) is 29.7 Å². The maximum Gasteiger partial charge on any atom is 0.155 e. The fraction of sp³-hybridized carbons (Fsp3) is 0.455. The molecule has 0 unspecified atom stereocenters. The number of nitrogens with zero attached hydrogens (tertiary/aromatic N) is 3. The maximum atomic E-state index is 5.59. The number of hydrogen-bond acceptors (Lipinski definition) is 3. The van der Waals surface area contributed by atoms with Crippen molar-refractivity contribution in [3.8, 4) is 0 Å². The Hall–Kier alpha value is -1.42. The van der Waals surface area contributed by atoms with E-state index in [9.17, 15) is 0 Å². The summed E-state index contributed by atoms with van der Waals surface area (Å²) in [5.74, 6) is 1.58. The molecule has 0 amide bonds. The van der Waals surface area contributed by atoms with Crippen LogP contribution in [0.4, 0.5) is 0 Å². The van der Waals surface area contributed by atoms with E-state index in [2.05, 4.69) is 10.1 Å². The average Bonchev–Trinajstić information content (AvgIpc) is 2.56. The quantitative estimate of drug-likeness (QED) is 0.802. The van der Waals surface area contributed by atoms with Crippen LogP contribution in [0.3, 0.4) is 0 Å². The van der Waals surface area contributed by atoms with Gasteiger partial charge in [0.2, 0.25) is 0 Å². The van der Waals surface area contributed by atoms with Crippen LogP contribution in [0, 0.1) is 0 Å². The average molecular weight is 202 g/mol. The van der Waals surface area contributed by atoms with Crippen LogP contribution in [-0.2, 0) is 6.54 Å². The Bertz CT molecular complexity index is 484. The highest BCUT2D eigenvalue weighted by Crippen LogP contribution is 2.34. The highest BCUT2D eigenvalue weighted by molar-refractivity contribution is 5.40. The van der Waals surface area contributed by atoms with Crippen molar-refractivity contribution in [2.45, 2.75) is 31.7 Å². The van der Waals surface area contributed by atoms with Gasteiger partial charge in [-0.15, -0.1) is 0 Å².